The quantitative estimate of drug-likeness (QED) is 0.756. The van der Waals surface area contributed by atoms with E-state index in [1.165, 1.54) is 19.3 Å². The van der Waals surface area contributed by atoms with Gasteiger partial charge >= 0.3 is 0 Å². The minimum atomic E-state index is 0.277. The van der Waals surface area contributed by atoms with E-state index in [1.54, 1.807) is 7.11 Å². The highest BCUT2D eigenvalue weighted by molar-refractivity contribution is 5.56. The number of benzene rings is 1. The average Bonchev–Trinajstić information content (AvgIpc) is 2.86. The fraction of sp³-hybridized carbons (Fsp3) is 0.571. The van der Waals surface area contributed by atoms with E-state index in [4.69, 9.17) is 14.2 Å². The van der Waals surface area contributed by atoms with Crippen LogP contribution in [0.2, 0.25) is 0 Å². The lowest BCUT2D eigenvalue weighted by Crippen LogP contribution is -2.15. The minimum Gasteiger partial charge on any atom is -0.492 e. The smallest absolute Gasteiger partial charge is 0.231 e. The number of hydrogen-bond acceptors (Lipinski definition) is 4. The molecule has 0 amide bonds. The summed E-state index contributed by atoms with van der Waals surface area (Å²) in [5.74, 6) is 2.28. The largest absolute Gasteiger partial charge is 0.492 e. The van der Waals surface area contributed by atoms with Gasteiger partial charge in [-0.1, -0.05) is 25.8 Å². The number of rotatable bonds is 7. The van der Waals surface area contributed by atoms with Gasteiger partial charge in [-0.3, -0.25) is 0 Å². The average molecular weight is 251 g/mol. The van der Waals surface area contributed by atoms with Crippen molar-refractivity contribution in [3.8, 4) is 17.2 Å². The molecule has 4 nitrogen and oxygen atoms in total. The normalized spacial score (nSPS) is 12.8. The molecule has 1 aliphatic heterocycles. The van der Waals surface area contributed by atoms with Gasteiger partial charge in [-0.05, 0) is 19.0 Å². The highest BCUT2D eigenvalue weighted by Crippen LogP contribution is 2.42. The molecule has 0 atom stereocenters. The Labute approximate surface area is 108 Å². The van der Waals surface area contributed by atoms with Crippen LogP contribution in [0.1, 0.15) is 31.7 Å². The van der Waals surface area contributed by atoms with Crippen LogP contribution in [0.15, 0.2) is 12.1 Å². The molecule has 0 saturated carbocycles. The summed E-state index contributed by atoms with van der Waals surface area (Å²) >= 11 is 0. The minimum absolute atomic E-state index is 0.277. The van der Waals surface area contributed by atoms with Crippen LogP contribution in [0.25, 0.3) is 0 Å². The molecule has 18 heavy (non-hydrogen) atoms. The molecule has 4 heteroatoms. The number of ether oxygens (including phenoxy) is 3. The number of fused-ring (bicyclic) bond motifs is 1. The Hall–Kier alpha value is -1.42. The Morgan fingerprint density at radius 3 is 2.94 bits per heavy atom. The van der Waals surface area contributed by atoms with Crippen molar-refractivity contribution < 1.29 is 14.2 Å². The summed E-state index contributed by atoms with van der Waals surface area (Å²) in [4.78, 5) is 0. The summed E-state index contributed by atoms with van der Waals surface area (Å²) in [6.07, 6.45) is 3.73. The Bertz CT molecular complexity index is 393. The van der Waals surface area contributed by atoms with Gasteiger partial charge in [-0.2, -0.15) is 0 Å². The fourth-order valence-electron chi connectivity index (χ4n) is 2.07. The standard InChI is InChI=1S/C14H21NO3/c1-3-4-5-8-15-9-11-6-7-12-14(13(11)16-2)18-10-17-12/h6-7,15H,3-5,8-10H2,1-2H3. The van der Waals surface area contributed by atoms with E-state index in [-0.39, 0.29) is 6.79 Å². The van der Waals surface area contributed by atoms with Gasteiger partial charge in [0.2, 0.25) is 12.5 Å². The summed E-state index contributed by atoms with van der Waals surface area (Å²) in [6.45, 7) is 4.31. The molecule has 0 aliphatic carbocycles. The molecular weight excluding hydrogens is 230 g/mol. The highest BCUT2D eigenvalue weighted by atomic mass is 16.7. The van der Waals surface area contributed by atoms with Crippen molar-refractivity contribution in [1.29, 1.82) is 0 Å². The third kappa shape index (κ3) is 2.88. The zero-order valence-corrected chi connectivity index (χ0v) is 11.1. The molecule has 0 spiro atoms. The van der Waals surface area contributed by atoms with E-state index in [1.807, 2.05) is 12.1 Å². The van der Waals surface area contributed by atoms with Gasteiger partial charge in [0.05, 0.1) is 7.11 Å². The molecule has 1 aliphatic rings. The van der Waals surface area contributed by atoms with Crippen molar-refractivity contribution in [2.75, 3.05) is 20.4 Å². The molecule has 2 rings (SSSR count). The molecule has 0 bridgehead atoms. The lowest BCUT2D eigenvalue weighted by Gasteiger charge is -2.11. The van der Waals surface area contributed by atoms with E-state index in [9.17, 15) is 0 Å². The third-order valence-corrected chi connectivity index (χ3v) is 3.05. The summed E-state index contributed by atoms with van der Waals surface area (Å²) in [5, 5.41) is 3.43. The second-order valence-electron chi connectivity index (χ2n) is 4.38. The number of hydrogen-bond donors (Lipinski definition) is 1. The predicted molar refractivity (Wildman–Crippen MR) is 70.3 cm³/mol. The maximum atomic E-state index is 5.43. The van der Waals surface area contributed by atoms with Crippen LogP contribution < -0.4 is 19.5 Å². The third-order valence-electron chi connectivity index (χ3n) is 3.05. The first-order valence-corrected chi connectivity index (χ1v) is 6.53. The van der Waals surface area contributed by atoms with E-state index >= 15 is 0 Å². The molecule has 1 aromatic carbocycles. The zero-order valence-electron chi connectivity index (χ0n) is 11.1. The van der Waals surface area contributed by atoms with Crippen LogP contribution in [0.5, 0.6) is 17.2 Å². The Kier molecular flexibility index (Phi) is 4.70. The van der Waals surface area contributed by atoms with E-state index in [2.05, 4.69) is 12.2 Å². The predicted octanol–water partition coefficient (Wildman–Crippen LogP) is 2.70. The van der Waals surface area contributed by atoms with Crippen LogP contribution in [-0.2, 0) is 6.54 Å². The molecule has 0 saturated heterocycles. The number of nitrogens with one attached hydrogen (secondary N) is 1. The van der Waals surface area contributed by atoms with Gasteiger partial charge in [0.15, 0.2) is 11.5 Å². The fourth-order valence-corrected chi connectivity index (χ4v) is 2.07. The Morgan fingerprint density at radius 2 is 2.17 bits per heavy atom. The zero-order chi connectivity index (χ0) is 12.8. The van der Waals surface area contributed by atoms with Crippen molar-refractivity contribution >= 4 is 0 Å². The first-order valence-electron chi connectivity index (χ1n) is 6.53. The molecule has 1 N–H and O–H groups in total. The second-order valence-corrected chi connectivity index (χ2v) is 4.38. The van der Waals surface area contributed by atoms with Crippen molar-refractivity contribution in [3.05, 3.63) is 17.7 Å². The topological polar surface area (TPSA) is 39.7 Å². The second kappa shape index (κ2) is 6.50. The highest BCUT2D eigenvalue weighted by Gasteiger charge is 2.21. The molecule has 0 radical (unpaired) electrons. The molecule has 100 valence electrons. The Morgan fingerprint density at radius 1 is 1.28 bits per heavy atom. The van der Waals surface area contributed by atoms with Crippen molar-refractivity contribution in [3.63, 3.8) is 0 Å². The van der Waals surface area contributed by atoms with Gasteiger partial charge in [-0.15, -0.1) is 0 Å². The summed E-state index contributed by atoms with van der Waals surface area (Å²) < 4.78 is 16.2. The van der Waals surface area contributed by atoms with E-state index in [0.29, 0.717) is 0 Å². The van der Waals surface area contributed by atoms with Crippen molar-refractivity contribution in [2.24, 2.45) is 0 Å². The van der Waals surface area contributed by atoms with Gasteiger partial charge in [0, 0.05) is 12.1 Å². The van der Waals surface area contributed by atoms with Crippen LogP contribution >= 0.6 is 0 Å². The number of unbranched alkanes of at least 4 members (excludes halogenated alkanes) is 2. The Balaban J connectivity index is 1.96. The van der Waals surface area contributed by atoms with E-state index < -0.39 is 0 Å². The van der Waals surface area contributed by atoms with Crippen molar-refractivity contribution in [2.45, 2.75) is 32.7 Å². The first kappa shape index (κ1) is 13.0. The molecule has 1 aromatic rings. The number of methoxy groups -OCH3 is 1. The van der Waals surface area contributed by atoms with Crippen LogP contribution in [-0.4, -0.2) is 20.4 Å². The van der Waals surface area contributed by atoms with Gasteiger partial charge < -0.3 is 19.5 Å². The van der Waals surface area contributed by atoms with Crippen LogP contribution in [0.4, 0.5) is 0 Å². The summed E-state index contributed by atoms with van der Waals surface area (Å²) in [7, 11) is 1.66. The SMILES string of the molecule is CCCCCNCc1ccc2c(c1OC)OCO2. The maximum Gasteiger partial charge on any atom is 0.231 e. The molecular formula is C14H21NO3. The van der Waals surface area contributed by atoms with Gasteiger partial charge in [0.25, 0.3) is 0 Å². The van der Waals surface area contributed by atoms with Crippen LogP contribution in [0.3, 0.4) is 0 Å². The van der Waals surface area contributed by atoms with Gasteiger partial charge in [-0.25, -0.2) is 0 Å². The molecule has 0 aromatic heterocycles. The van der Waals surface area contributed by atoms with Crippen molar-refractivity contribution in [1.82, 2.24) is 5.32 Å². The maximum absolute atomic E-state index is 5.43. The lowest BCUT2D eigenvalue weighted by molar-refractivity contribution is 0.171. The van der Waals surface area contributed by atoms with Gasteiger partial charge in [0.1, 0.15) is 0 Å². The van der Waals surface area contributed by atoms with Crippen LogP contribution in [0, 0.1) is 0 Å². The molecule has 1 heterocycles. The molecule has 0 fully saturated rings. The van der Waals surface area contributed by atoms with E-state index in [0.717, 1.165) is 35.9 Å². The monoisotopic (exact) mass is 251 g/mol. The molecule has 0 unspecified atom stereocenters. The summed E-state index contributed by atoms with van der Waals surface area (Å²) in [6, 6.07) is 3.97. The summed E-state index contributed by atoms with van der Waals surface area (Å²) in [5.41, 5.74) is 1.11. The first-order chi connectivity index (χ1) is 8.86. The lowest BCUT2D eigenvalue weighted by atomic mass is 10.1.